The van der Waals surface area contributed by atoms with Crippen LogP contribution in [0.2, 0.25) is 5.15 Å². The minimum absolute atomic E-state index is 0.0435. The fourth-order valence-corrected chi connectivity index (χ4v) is 3.16. The van der Waals surface area contributed by atoms with Gasteiger partial charge in [0.25, 0.3) is 0 Å². The third-order valence-electron chi connectivity index (χ3n) is 2.31. The lowest BCUT2D eigenvalue weighted by Crippen LogP contribution is -2.35. The molecule has 96 valence electrons. The maximum absolute atomic E-state index is 12.0. The van der Waals surface area contributed by atoms with E-state index in [1.807, 2.05) is 6.92 Å². The zero-order valence-corrected chi connectivity index (χ0v) is 11.0. The van der Waals surface area contributed by atoms with E-state index < -0.39 is 10.0 Å². The fraction of sp³-hybridized carbons (Fsp3) is 0.500. The van der Waals surface area contributed by atoms with Gasteiger partial charge in [-0.3, -0.25) is 0 Å². The molecule has 7 heteroatoms. The maximum Gasteiger partial charge on any atom is 0.243 e. The standard InChI is InChI=1S/C10H15ClN2O3S/c1-2-8(5-7-14)13-17(15,16)9-4-3-6-12-10(9)11/h3-4,6,8,13-14H,2,5,7H2,1H3. The number of hydrogen-bond donors (Lipinski definition) is 2. The van der Waals surface area contributed by atoms with Gasteiger partial charge in [-0.2, -0.15) is 0 Å². The van der Waals surface area contributed by atoms with E-state index in [0.717, 1.165) is 0 Å². The van der Waals surface area contributed by atoms with Gasteiger partial charge in [0.2, 0.25) is 10.0 Å². The summed E-state index contributed by atoms with van der Waals surface area (Å²) in [5.41, 5.74) is 0. The molecule has 0 aromatic carbocycles. The van der Waals surface area contributed by atoms with E-state index in [-0.39, 0.29) is 22.7 Å². The Morgan fingerprint density at radius 1 is 1.59 bits per heavy atom. The van der Waals surface area contributed by atoms with E-state index in [4.69, 9.17) is 16.7 Å². The van der Waals surface area contributed by atoms with Gasteiger partial charge in [0.1, 0.15) is 10.0 Å². The third-order valence-corrected chi connectivity index (χ3v) is 4.27. The molecule has 0 aliphatic heterocycles. The quantitative estimate of drug-likeness (QED) is 0.766. The van der Waals surface area contributed by atoms with Crippen LogP contribution in [0.25, 0.3) is 0 Å². The molecule has 1 aromatic rings. The number of halogens is 1. The maximum atomic E-state index is 12.0. The van der Waals surface area contributed by atoms with Gasteiger partial charge in [-0.1, -0.05) is 18.5 Å². The Kier molecular flexibility index (Phi) is 5.32. The van der Waals surface area contributed by atoms with Crippen LogP contribution < -0.4 is 4.72 Å². The lowest BCUT2D eigenvalue weighted by atomic mass is 10.2. The predicted molar refractivity (Wildman–Crippen MR) is 65.4 cm³/mol. The van der Waals surface area contributed by atoms with Crippen LogP contribution in [0.5, 0.6) is 0 Å². The van der Waals surface area contributed by atoms with Crippen molar-refractivity contribution < 1.29 is 13.5 Å². The first-order valence-corrected chi connectivity index (χ1v) is 7.11. The van der Waals surface area contributed by atoms with Gasteiger partial charge in [0.15, 0.2) is 0 Å². The molecule has 0 fully saturated rings. The van der Waals surface area contributed by atoms with Gasteiger partial charge in [-0.15, -0.1) is 0 Å². The summed E-state index contributed by atoms with van der Waals surface area (Å²) in [6.07, 6.45) is 2.39. The van der Waals surface area contributed by atoms with Crippen molar-refractivity contribution in [3.8, 4) is 0 Å². The largest absolute Gasteiger partial charge is 0.396 e. The van der Waals surface area contributed by atoms with Gasteiger partial charge < -0.3 is 5.11 Å². The number of aliphatic hydroxyl groups excluding tert-OH is 1. The number of sulfonamides is 1. The molecule has 0 spiro atoms. The zero-order valence-electron chi connectivity index (χ0n) is 9.43. The molecular formula is C10H15ClN2O3S. The lowest BCUT2D eigenvalue weighted by molar-refractivity contribution is 0.270. The monoisotopic (exact) mass is 278 g/mol. The SMILES string of the molecule is CCC(CCO)NS(=O)(=O)c1cccnc1Cl. The topological polar surface area (TPSA) is 79.3 Å². The van der Waals surface area contributed by atoms with E-state index in [0.29, 0.717) is 12.8 Å². The third kappa shape index (κ3) is 3.92. The Hall–Kier alpha value is -0.690. The van der Waals surface area contributed by atoms with E-state index in [9.17, 15) is 8.42 Å². The van der Waals surface area contributed by atoms with Crippen LogP contribution in [0.4, 0.5) is 0 Å². The van der Waals surface area contributed by atoms with Gasteiger partial charge in [-0.25, -0.2) is 18.1 Å². The second-order valence-electron chi connectivity index (χ2n) is 3.53. The second-order valence-corrected chi connectivity index (χ2v) is 5.57. The average molecular weight is 279 g/mol. The number of nitrogens with one attached hydrogen (secondary N) is 1. The van der Waals surface area contributed by atoms with Crippen LogP contribution in [0.1, 0.15) is 19.8 Å². The molecule has 2 N–H and O–H groups in total. The Bertz CT molecular complexity index is 464. The first kappa shape index (κ1) is 14.4. The minimum atomic E-state index is -3.68. The van der Waals surface area contributed by atoms with Crippen molar-refractivity contribution in [2.24, 2.45) is 0 Å². The highest BCUT2D eigenvalue weighted by Gasteiger charge is 2.21. The molecule has 1 rings (SSSR count). The molecule has 0 bridgehead atoms. The summed E-state index contributed by atoms with van der Waals surface area (Å²) in [7, 11) is -3.68. The molecule has 17 heavy (non-hydrogen) atoms. The fourth-order valence-electron chi connectivity index (χ4n) is 1.36. The second kappa shape index (κ2) is 6.30. The summed E-state index contributed by atoms with van der Waals surface area (Å²) < 4.78 is 26.4. The Balaban J connectivity index is 2.92. The smallest absolute Gasteiger partial charge is 0.243 e. The Morgan fingerprint density at radius 2 is 2.29 bits per heavy atom. The van der Waals surface area contributed by atoms with Crippen LogP contribution in [0.15, 0.2) is 23.2 Å². The number of hydrogen-bond acceptors (Lipinski definition) is 4. The van der Waals surface area contributed by atoms with Gasteiger partial charge in [0, 0.05) is 18.8 Å². The van der Waals surface area contributed by atoms with E-state index in [1.165, 1.54) is 18.3 Å². The minimum Gasteiger partial charge on any atom is -0.396 e. The van der Waals surface area contributed by atoms with E-state index >= 15 is 0 Å². The highest BCUT2D eigenvalue weighted by molar-refractivity contribution is 7.89. The molecular weight excluding hydrogens is 264 g/mol. The molecule has 0 aliphatic rings. The number of rotatable bonds is 6. The summed E-state index contributed by atoms with van der Waals surface area (Å²) in [5, 5.41) is 8.76. The van der Waals surface area contributed by atoms with Crippen LogP contribution >= 0.6 is 11.6 Å². The van der Waals surface area contributed by atoms with Gasteiger partial charge in [-0.05, 0) is 25.0 Å². The molecule has 0 saturated carbocycles. The molecule has 1 unspecified atom stereocenters. The van der Waals surface area contributed by atoms with Crippen molar-refractivity contribution >= 4 is 21.6 Å². The van der Waals surface area contributed by atoms with Gasteiger partial charge >= 0.3 is 0 Å². The molecule has 0 radical (unpaired) electrons. The Labute approximate surface area is 106 Å². The number of nitrogens with zero attached hydrogens (tertiary/aromatic N) is 1. The summed E-state index contributed by atoms with van der Waals surface area (Å²) in [6.45, 7) is 1.77. The summed E-state index contributed by atoms with van der Waals surface area (Å²) in [5.74, 6) is 0. The lowest BCUT2D eigenvalue weighted by Gasteiger charge is -2.16. The molecule has 1 aromatic heterocycles. The Morgan fingerprint density at radius 3 is 2.82 bits per heavy atom. The predicted octanol–water partition coefficient (Wildman–Crippen LogP) is 1.17. The first-order chi connectivity index (χ1) is 8.01. The van der Waals surface area contributed by atoms with Crippen molar-refractivity contribution in [2.45, 2.75) is 30.7 Å². The highest BCUT2D eigenvalue weighted by atomic mass is 35.5. The average Bonchev–Trinajstić information content (AvgIpc) is 2.28. The van der Waals surface area contributed by atoms with Crippen molar-refractivity contribution in [1.29, 1.82) is 0 Å². The summed E-state index contributed by atoms with van der Waals surface area (Å²) in [6, 6.07) is 2.60. The number of pyridine rings is 1. The first-order valence-electron chi connectivity index (χ1n) is 5.25. The van der Waals surface area contributed by atoms with Crippen LogP contribution in [-0.4, -0.2) is 31.2 Å². The zero-order chi connectivity index (χ0) is 12.9. The normalized spacial score (nSPS) is 13.6. The molecule has 1 heterocycles. The van der Waals surface area contributed by atoms with Crippen LogP contribution in [0.3, 0.4) is 0 Å². The van der Waals surface area contributed by atoms with Gasteiger partial charge in [0.05, 0.1) is 0 Å². The van der Waals surface area contributed by atoms with Crippen molar-refractivity contribution in [3.63, 3.8) is 0 Å². The molecule has 0 amide bonds. The number of aromatic nitrogens is 1. The molecule has 0 aliphatic carbocycles. The van der Waals surface area contributed by atoms with Crippen LogP contribution in [-0.2, 0) is 10.0 Å². The molecule has 1 atom stereocenters. The van der Waals surface area contributed by atoms with Crippen LogP contribution in [0, 0.1) is 0 Å². The van der Waals surface area contributed by atoms with Crippen molar-refractivity contribution in [1.82, 2.24) is 9.71 Å². The van der Waals surface area contributed by atoms with Crippen molar-refractivity contribution in [3.05, 3.63) is 23.5 Å². The van der Waals surface area contributed by atoms with E-state index in [1.54, 1.807) is 0 Å². The number of aliphatic hydroxyl groups is 1. The molecule has 5 nitrogen and oxygen atoms in total. The van der Waals surface area contributed by atoms with Crippen molar-refractivity contribution in [2.75, 3.05) is 6.61 Å². The molecule has 0 saturated heterocycles. The summed E-state index contributed by atoms with van der Waals surface area (Å²) >= 11 is 5.73. The van der Waals surface area contributed by atoms with E-state index in [2.05, 4.69) is 9.71 Å². The summed E-state index contributed by atoms with van der Waals surface area (Å²) in [4.78, 5) is 3.68. The highest BCUT2D eigenvalue weighted by Crippen LogP contribution is 2.18.